The third-order valence-corrected chi connectivity index (χ3v) is 9.78. The number of carbonyl (C=O) groups excluding carboxylic acids is 1. The number of fused-ring (bicyclic) bond motifs is 6. The zero-order valence-electron chi connectivity index (χ0n) is 28.8. The predicted octanol–water partition coefficient (Wildman–Crippen LogP) is 11.7. The molecule has 0 aliphatic heterocycles. The summed E-state index contributed by atoms with van der Waals surface area (Å²) >= 11 is 0. The van der Waals surface area contributed by atoms with Gasteiger partial charge >= 0.3 is 0 Å². The number of nitrogens with zero attached hydrogens (tertiary/aromatic N) is 1. The van der Waals surface area contributed by atoms with Gasteiger partial charge in [0.05, 0.1) is 5.76 Å². The SMILES string of the molecule is CCC(CC)C(=O)/C=C(\O)C(CC)CC.[Ir].[c-]1c(-c2nccc3c4c(oc23)CCc2ccccc2-4)cc(-c2ccccc2)c2ccccc12. The standard InChI is InChI=1S/C31H20NO.C13H24O2.Ir/c1-2-8-20(9-3-1)27-19-23(18-22-11-5-6-12-24(22)27)30-31-26(16-17-32-30)29-25-13-7-4-10-21(25)14-15-28(29)33-31;1-5-10(6-2)12(14)9-13(15)11(7-3)8-4;/h1-13,16-17,19H,14-15H2;9-11,14H,5-8H2,1-4H3;/q-1;;/b;12-9-;. The van der Waals surface area contributed by atoms with Crippen LogP contribution in [0, 0.1) is 17.9 Å². The van der Waals surface area contributed by atoms with Crippen LogP contribution >= 0.6 is 0 Å². The predicted molar refractivity (Wildman–Crippen MR) is 198 cm³/mol. The van der Waals surface area contributed by atoms with Crippen molar-refractivity contribution < 1.29 is 34.4 Å². The molecule has 0 saturated heterocycles. The molecule has 0 saturated carbocycles. The van der Waals surface area contributed by atoms with E-state index in [0.717, 1.165) is 71.9 Å². The number of aromatic nitrogens is 1. The third kappa shape index (κ3) is 7.49. The number of hydrogen-bond donors (Lipinski definition) is 1. The number of pyridine rings is 1. The number of hydrogen-bond acceptors (Lipinski definition) is 4. The van der Waals surface area contributed by atoms with Crippen LogP contribution in [-0.4, -0.2) is 15.9 Å². The van der Waals surface area contributed by atoms with E-state index in [4.69, 9.17) is 9.40 Å². The Morgan fingerprint density at radius 3 is 2.22 bits per heavy atom. The molecule has 0 unspecified atom stereocenters. The van der Waals surface area contributed by atoms with Crippen molar-refractivity contribution in [2.75, 3.05) is 0 Å². The number of furan rings is 1. The van der Waals surface area contributed by atoms with Gasteiger partial charge in [0.2, 0.25) is 0 Å². The molecule has 0 fully saturated rings. The average Bonchev–Trinajstić information content (AvgIpc) is 3.52. The molecule has 4 aromatic carbocycles. The normalized spacial score (nSPS) is 12.3. The molecule has 6 aromatic rings. The maximum atomic E-state index is 11.7. The van der Waals surface area contributed by atoms with Gasteiger partial charge in [-0.1, -0.05) is 117 Å². The molecule has 1 N–H and O–H groups in total. The van der Waals surface area contributed by atoms with E-state index in [2.05, 4.69) is 97.1 Å². The van der Waals surface area contributed by atoms with Crippen LogP contribution in [-0.2, 0) is 37.7 Å². The van der Waals surface area contributed by atoms with Crippen LogP contribution in [0.15, 0.2) is 113 Å². The van der Waals surface area contributed by atoms with Crippen LogP contribution in [0.3, 0.4) is 0 Å². The third-order valence-electron chi connectivity index (χ3n) is 9.78. The fourth-order valence-corrected chi connectivity index (χ4v) is 6.96. The first kappa shape index (κ1) is 36.0. The summed E-state index contributed by atoms with van der Waals surface area (Å²) in [7, 11) is 0. The summed E-state index contributed by atoms with van der Waals surface area (Å²) in [5.74, 6) is 1.60. The first-order valence-corrected chi connectivity index (χ1v) is 17.4. The number of allylic oxidation sites excluding steroid dienone is 2. The van der Waals surface area contributed by atoms with Crippen LogP contribution in [0.5, 0.6) is 0 Å². The number of rotatable bonds is 9. The van der Waals surface area contributed by atoms with E-state index in [9.17, 15) is 9.90 Å². The summed E-state index contributed by atoms with van der Waals surface area (Å²) in [6.45, 7) is 8.07. The second-order valence-electron chi connectivity index (χ2n) is 12.6. The van der Waals surface area contributed by atoms with Crippen molar-refractivity contribution in [3.63, 3.8) is 0 Å². The summed E-state index contributed by atoms with van der Waals surface area (Å²) in [5.41, 5.74) is 8.91. The molecule has 1 radical (unpaired) electrons. The molecular weight excluding hydrogens is 783 g/mol. The van der Waals surface area contributed by atoms with E-state index in [1.165, 1.54) is 39.3 Å². The number of ketones is 1. The number of aliphatic hydroxyl groups is 1. The minimum Gasteiger partial charge on any atom is -0.512 e. The van der Waals surface area contributed by atoms with Crippen molar-refractivity contribution >= 4 is 27.5 Å². The Morgan fingerprint density at radius 2 is 1.49 bits per heavy atom. The largest absolute Gasteiger partial charge is 0.512 e. The number of aryl methyl sites for hydroxylation is 2. The van der Waals surface area contributed by atoms with Crippen molar-refractivity contribution in [2.24, 2.45) is 11.8 Å². The molecule has 1 aliphatic carbocycles. The Labute approximate surface area is 303 Å². The molecule has 0 spiro atoms. The minimum atomic E-state index is 0. The van der Waals surface area contributed by atoms with Crippen molar-refractivity contribution in [1.29, 1.82) is 0 Å². The van der Waals surface area contributed by atoms with E-state index < -0.39 is 0 Å². The molecule has 2 aromatic heterocycles. The Kier molecular flexibility index (Phi) is 12.0. The van der Waals surface area contributed by atoms with Gasteiger partial charge in [-0.15, -0.1) is 23.6 Å². The number of benzene rings is 4. The van der Waals surface area contributed by atoms with Crippen molar-refractivity contribution in [2.45, 2.75) is 66.2 Å². The van der Waals surface area contributed by atoms with Crippen LogP contribution in [0.1, 0.15) is 64.7 Å². The molecule has 253 valence electrons. The molecule has 0 atom stereocenters. The topological polar surface area (TPSA) is 63.3 Å². The van der Waals surface area contributed by atoms with Crippen molar-refractivity contribution in [3.05, 3.63) is 126 Å². The summed E-state index contributed by atoms with van der Waals surface area (Å²) in [5, 5.41) is 13.2. The van der Waals surface area contributed by atoms with Gasteiger partial charge in [0.15, 0.2) is 5.78 Å². The van der Waals surface area contributed by atoms with E-state index in [0.29, 0.717) is 0 Å². The van der Waals surface area contributed by atoms with Gasteiger partial charge in [0, 0.05) is 67.3 Å². The summed E-state index contributed by atoms with van der Waals surface area (Å²) in [4.78, 5) is 16.5. The number of carbonyl (C=O) groups is 1. The molecule has 0 bridgehead atoms. The molecule has 49 heavy (non-hydrogen) atoms. The van der Waals surface area contributed by atoms with Crippen LogP contribution < -0.4 is 0 Å². The average molecular weight is 827 g/mol. The minimum absolute atomic E-state index is 0. The monoisotopic (exact) mass is 827 g/mol. The molecule has 1 aliphatic rings. The Balaban J connectivity index is 0.000000252. The van der Waals surface area contributed by atoms with Crippen LogP contribution in [0.25, 0.3) is 55.3 Å². The Hall–Kier alpha value is -4.31. The molecular formula is C44H44IrNO3-. The van der Waals surface area contributed by atoms with E-state index in [1.807, 2.05) is 33.9 Å². The smallest absolute Gasteiger partial charge is 0.162 e. The quantitative estimate of drug-likeness (QED) is 0.0896. The maximum Gasteiger partial charge on any atom is 0.162 e. The van der Waals surface area contributed by atoms with Gasteiger partial charge < -0.3 is 9.52 Å². The van der Waals surface area contributed by atoms with Gasteiger partial charge in [0.25, 0.3) is 0 Å². The van der Waals surface area contributed by atoms with Crippen molar-refractivity contribution in [1.82, 2.24) is 4.98 Å². The van der Waals surface area contributed by atoms with Crippen LogP contribution in [0.2, 0.25) is 0 Å². The van der Waals surface area contributed by atoms with Crippen molar-refractivity contribution in [3.8, 4) is 33.5 Å². The maximum absolute atomic E-state index is 11.7. The fourth-order valence-electron chi connectivity index (χ4n) is 6.96. The van der Waals surface area contributed by atoms with Gasteiger partial charge in [-0.3, -0.25) is 9.78 Å². The van der Waals surface area contributed by atoms with Gasteiger partial charge in [-0.25, -0.2) is 0 Å². The van der Waals surface area contributed by atoms with Gasteiger partial charge in [-0.05, 0) is 54.9 Å². The van der Waals surface area contributed by atoms with Crippen LogP contribution in [0.4, 0.5) is 0 Å². The first-order chi connectivity index (χ1) is 23.5. The van der Waals surface area contributed by atoms with E-state index >= 15 is 0 Å². The Bertz CT molecular complexity index is 2070. The molecule has 0 amide bonds. The van der Waals surface area contributed by atoms with Gasteiger partial charge in [-0.2, -0.15) is 0 Å². The molecule has 5 heteroatoms. The second kappa shape index (κ2) is 16.4. The van der Waals surface area contributed by atoms with E-state index in [-0.39, 0.29) is 43.5 Å². The second-order valence-corrected chi connectivity index (χ2v) is 12.6. The molecule has 4 nitrogen and oxygen atoms in total. The van der Waals surface area contributed by atoms with Gasteiger partial charge in [0.1, 0.15) is 11.3 Å². The summed E-state index contributed by atoms with van der Waals surface area (Å²) in [6, 6.07) is 35.5. The Morgan fingerprint density at radius 1 is 0.816 bits per heavy atom. The zero-order valence-corrected chi connectivity index (χ0v) is 31.2. The summed E-state index contributed by atoms with van der Waals surface area (Å²) in [6.07, 6.45) is 8.72. The summed E-state index contributed by atoms with van der Waals surface area (Å²) < 4.78 is 6.51. The molecule has 7 rings (SSSR count). The first-order valence-electron chi connectivity index (χ1n) is 17.4. The zero-order chi connectivity index (χ0) is 33.6. The fraction of sp³-hybridized carbons (Fsp3) is 0.273. The van der Waals surface area contributed by atoms with E-state index in [1.54, 1.807) is 0 Å². The molecule has 2 heterocycles. The number of aliphatic hydroxyl groups excluding tert-OH is 1.